The first-order chi connectivity index (χ1) is 4.05. The number of hydrogen-bond acceptors (Lipinski definition) is 2. The van der Waals surface area contributed by atoms with Gasteiger partial charge >= 0.3 is 6.05 Å². The van der Waals surface area contributed by atoms with Crippen LogP contribution < -0.4 is 0 Å². The van der Waals surface area contributed by atoms with Gasteiger partial charge in [-0.15, -0.1) is 0 Å². The van der Waals surface area contributed by atoms with E-state index in [0.29, 0.717) is 0 Å². The van der Waals surface area contributed by atoms with Gasteiger partial charge in [0.1, 0.15) is 6.10 Å². The van der Waals surface area contributed by atoms with Crippen LogP contribution in [-0.4, -0.2) is 35.7 Å². The Balaban J connectivity index is 2.66. The van der Waals surface area contributed by atoms with E-state index in [4.69, 9.17) is 5.11 Å². The summed E-state index contributed by atoms with van der Waals surface area (Å²) in [5, 5.41) is 8.64. The molecule has 9 heavy (non-hydrogen) atoms. The quantitative estimate of drug-likeness (QED) is 0.484. The second-order valence-electron chi connectivity index (χ2n) is 2.31. The van der Waals surface area contributed by atoms with Crippen molar-refractivity contribution in [3.8, 4) is 0 Å². The minimum absolute atomic E-state index is 0.170. The SMILES string of the molecule is CN1CCC(O)C1(F)F. The van der Waals surface area contributed by atoms with E-state index in [-0.39, 0.29) is 13.0 Å². The van der Waals surface area contributed by atoms with Gasteiger partial charge in [0.05, 0.1) is 0 Å². The maximum absolute atomic E-state index is 12.4. The predicted molar refractivity (Wildman–Crippen MR) is 28.2 cm³/mol. The van der Waals surface area contributed by atoms with Crippen LogP contribution in [0.5, 0.6) is 0 Å². The van der Waals surface area contributed by atoms with E-state index in [1.165, 1.54) is 7.05 Å². The lowest BCUT2D eigenvalue weighted by Gasteiger charge is -2.20. The number of likely N-dealkylation sites (tertiary alicyclic amines) is 1. The summed E-state index contributed by atoms with van der Waals surface area (Å²) in [6.07, 6.45) is -1.30. The maximum atomic E-state index is 12.4. The second-order valence-corrected chi connectivity index (χ2v) is 2.31. The van der Waals surface area contributed by atoms with Crippen molar-refractivity contribution in [2.24, 2.45) is 0 Å². The van der Waals surface area contributed by atoms with Crippen molar-refractivity contribution in [1.29, 1.82) is 0 Å². The molecule has 0 radical (unpaired) electrons. The Bertz CT molecular complexity index is 106. The Kier molecular flexibility index (Phi) is 1.44. The number of likely N-dealkylation sites (N-methyl/N-ethyl adjacent to an activating group) is 1. The summed E-state index contributed by atoms with van der Waals surface area (Å²) >= 11 is 0. The molecule has 0 bridgehead atoms. The molecule has 1 unspecified atom stereocenters. The Morgan fingerprint density at radius 3 is 2.33 bits per heavy atom. The highest BCUT2D eigenvalue weighted by molar-refractivity contribution is 4.83. The van der Waals surface area contributed by atoms with Crippen LogP contribution in [0.2, 0.25) is 0 Å². The third-order valence-electron chi connectivity index (χ3n) is 1.65. The van der Waals surface area contributed by atoms with Crippen LogP contribution in [0.3, 0.4) is 0 Å². The molecule has 1 atom stereocenters. The van der Waals surface area contributed by atoms with E-state index < -0.39 is 12.2 Å². The fourth-order valence-electron chi connectivity index (χ4n) is 0.893. The van der Waals surface area contributed by atoms with Gasteiger partial charge in [0, 0.05) is 6.54 Å². The van der Waals surface area contributed by atoms with Crippen LogP contribution in [0.4, 0.5) is 8.78 Å². The molecule has 0 amide bonds. The number of rotatable bonds is 0. The van der Waals surface area contributed by atoms with Gasteiger partial charge in [0.25, 0.3) is 0 Å². The number of nitrogens with zero attached hydrogens (tertiary/aromatic N) is 1. The number of hydrogen-bond donors (Lipinski definition) is 1. The third kappa shape index (κ3) is 0.923. The number of halogens is 2. The molecule has 4 heteroatoms. The third-order valence-corrected chi connectivity index (χ3v) is 1.65. The summed E-state index contributed by atoms with van der Waals surface area (Å²) in [6, 6.07) is -3.00. The molecule has 2 nitrogen and oxygen atoms in total. The average molecular weight is 137 g/mol. The summed E-state index contributed by atoms with van der Waals surface area (Å²) < 4.78 is 24.8. The van der Waals surface area contributed by atoms with Gasteiger partial charge in [-0.05, 0) is 13.5 Å². The van der Waals surface area contributed by atoms with Crippen molar-refractivity contribution in [2.45, 2.75) is 18.6 Å². The number of alkyl halides is 2. The van der Waals surface area contributed by atoms with Crippen LogP contribution in [0.25, 0.3) is 0 Å². The van der Waals surface area contributed by atoms with Crippen molar-refractivity contribution in [3.05, 3.63) is 0 Å². The highest BCUT2D eigenvalue weighted by Gasteiger charge is 2.47. The van der Waals surface area contributed by atoms with Gasteiger partial charge in [0.2, 0.25) is 0 Å². The molecule has 0 aliphatic carbocycles. The van der Waals surface area contributed by atoms with E-state index >= 15 is 0 Å². The van der Waals surface area contributed by atoms with Gasteiger partial charge in [-0.25, -0.2) is 4.90 Å². The van der Waals surface area contributed by atoms with Crippen molar-refractivity contribution >= 4 is 0 Å². The monoisotopic (exact) mass is 137 g/mol. The van der Waals surface area contributed by atoms with Crippen LogP contribution >= 0.6 is 0 Å². The first kappa shape index (κ1) is 6.89. The molecule has 1 heterocycles. The zero-order chi connectivity index (χ0) is 7.07. The lowest BCUT2D eigenvalue weighted by Crippen LogP contribution is -2.39. The molecule has 1 aliphatic heterocycles. The minimum atomic E-state index is -3.00. The second kappa shape index (κ2) is 1.88. The van der Waals surface area contributed by atoms with Crippen molar-refractivity contribution in [3.63, 3.8) is 0 Å². The zero-order valence-corrected chi connectivity index (χ0v) is 5.14. The molecule has 1 aliphatic rings. The fourth-order valence-corrected chi connectivity index (χ4v) is 0.893. The van der Waals surface area contributed by atoms with E-state index in [1.807, 2.05) is 0 Å². The van der Waals surface area contributed by atoms with Crippen molar-refractivity contribution < 1.29 is 13.9 Å². The Morgan fingerprint density at radius 2 is 2.22 bits per heavy atom. The summed E-state index contributed by atoms with van der Waals surface area (Å²) in [4.78, 5) is 0.859. The molecule has 1 saturated heterocycles. The molecule has 1 N–H and O–H groups in total. The highest BCUT2D eigenvalue weighted by Crippen LogP contribution is 2.30. The van der Waals surface area contributed by atoms with Crippen molar-refractivity contribution in [1.82, 2.24) is 4.90 Å². The molecule has 1 rings (SSSR count). The predicted octanol–water partition coefficient (Wildman–Crippen LogP) is 0.276. The van der Waals surface area contributed by atoms with Crippen LogP contribution in [0.1, 0.15) is 6.42 Å². The molecular weight excluding hydrogens is 128 g/mol. The Labute approximate surface area is 52.1 Å². The molecule has 1 fully saturated rings. The summed E-state index contributed by atoms with van der Waals surface area (Å²) in [5.74, 6) is 0. The molecule has 54 valence electrons. The van der Waals surface area contributed by atoms with Crippen molar-refractivity contribution in [2.75, 3.05) is 13.6 Å². The Hall–Kier alpha value is -0.220. The van der Waals surface area contributed by atoms with E-state index in [1.54, 1.807) is 0 Å². The lowest BCUT2D eigenvalue weighted by atomic mass is 10.3. The molecule has 0 aromatic carbocycles. The van der Waals surface area contributed by atoms with Crippen LogP contribution in [0.15, 0.2) is 0 Å². The first-order valence-electron chi connectivity index (χ1n) is 2.82. The van der Waals surface area contributed by atoms with Gasteiger partial charge in [-0.3, -0.25) is 0 Å². The van der Waals surface area contributed by atoms with Gasteiger partial charge < -0.3 is 5.11 Å². The van der Waals surface area contributed by atoms with Crippen LogP contribution in [-0.2, 0) is 0 Å². The molecule has 0 aromatic rings. The zero-order valence-electron chi connectivity index (χ0n) is 5.14. The fraction of sp³-hybridized carbons (Fsp3) is 1.00. The van der Waals surface area contributed by atoms with Gasteiger partial charge in [-0.2, -0.15) is 8.78 Å². The average Bonchev–Trinajstić information content (AvgIpc) is 1.96. The molecular formula is C5H9F2NO. The topological polar surface area (TPSA) is 23.5 Å². The maximum Gasteiger partial charge on any atom is 0.330 e. The van der Waals surface area contributed by atoms with E-state index in [9.17, 15) is 8.78 Å². The lowest BCUT2D eigenvalue weighted by molar-refractivity contribution is -0.166. The van der Waals surface area contributed by atoms with Gasteiger partial charge in [0.15, 0.2) is 0 Å². The minimum Gasteiger partial charge on any atom is -0.385 e. The Morgan fingerprint density at radius 1 is 1.67 bits per heavy atom. The van der Waals surface area contributed by atoms with Crippen LogP contribution in [0, 0.1) is 0 Å². The smallest absolute Gasteiger partial charge is 0.330 e. The first-order valence-corrected chi connectivity index (χ1v) is 2.82. The normalized spacial score (nSPS) is 35.3. The number of aliphatic hydroxyl groups excluding tert-OH is 1. The molecule has 0 spiro atoms. The molecule has 0 aromatic heterocycles. The standard InChI is InChI=1S/C5H9F2NO/c1-8-3-2-4(9)5(8,6)7/h4,9H,2-3H2,1H3. The number of aliphatic hydroxyl groups is 1. The van der Waals surface area contributed by atoms with E-state index in [0.717, 1.165) is 4.90 Å². The summed E-state index contributed by atoms with van der Waals surface area (Å²) in [7, 11) is 1.30. The largest absolute Gasteiger partial charge is 0.385 e. The highest BCUT2D eigenvalue weighted by atomic mass is 19.3. The summed E-state index contributed by atoms with van der Waals surface area (Å²) in [6.45, 7) is 0.272. The summed E-state index contributed by atoms with van der Waals surface area (Å²) in [5.41, 5.74) is 0. The van der Waals surface area contributed by atoms with E-state index in [2.05, 4.69) is 0 Å². The molecule has 0 saturated carbocycles. The van der Waals surface area contributed by atoms with Gasteiger partial charge in [-0.1, -0.05) is 0 Å².